The molecule has 0 aliphatic rings. The molecule has 6 nitrogen and oxygen atoms in total. The van der Waals surface area contributed by atoms with Crippen molar-refractivity contribution in [3.8, 4) is 5.75 Å². The summed E-state index contributed by atoms with van der Waals surface area (Å²) in [6.45, 7) is 1.99. The molecule has 1 aromatic heterocycles. The molecule has 0 saturated heterocycles. The number of aryl methyl sites for hydroxylation is 1. The van der Waals surface area contributed by atoms with Gasteiger partial charge in [0, 0.05) is 0 Å². The second-order valence-corrected chi connectivity index (χ2v) is 3.41. The SMILES string of the molecule is Cc1cccc(OCc2nnc(C(=O)O)o2)c1. The summed E-state index contributed by atoms with van der Waals surface area (Å²) in [5.41, 5.74) is 1.07. The first-order chi connectivity index (χ1) is 8.15. The van der Waals surface area contributed by atoms with Crippen molar-refractivity contribution in [1.82, 2.24) is 10.2 Å². The van der Waals surface area contributed by atoms with Gasteiger partial charge in [-0.05, 0) is 24.6 Å². The van der Waals surface area contributed by atoms with Gasteiger partial charge in [0.15, 0.2) is 6.61 Å². The molecule has 17 heavy (non-hydrogen) atoms. The number of nitrogens with zero attached hydrogens (tertiary/aromatic N) is 2. The predicted octanol–water partition coefficient (Wildman–Crippen LogP) is 1.66. The van der Waals surface area contributed by atoms with Gasteiger partial charge in [-0.2, -0.15) is 0 Å². The van der Waals surface area contributed by atoms with E-state index in [1.807, 2.05) is 25.1 Å². The van der Waals surface area contributed by atoms with Crippen LogP contribution in [0.2, 0.25) is 0 Å². The van der Waals surface area contributed by atoms with Crippen LogP contribution in [0.3, 0.4) is 0 Å². The van der Waals surface area contributed by atoms with Crippen molar-refractivity contribution in [3.05, 3.63) is 41.6 Å². The molecule has 0 atom stereocenters. The number of hydrogen-bond donors (Lipinski definition) is 1. The lowest BCUT2D eigenvalue weighted by atomic mass is 10.2. The van der Waals surface area contributed by atoms with E-state index in [4.69, 9.17) is 14.3 Å². The summed E-state index contributed by atoms with van der Waals surface area (Å²) in [5, 5.41) is 15.5. The van der Waals surface area contributed by atoms with Crippen LogP contribution in [-0.4, -0.2) is 21.3 Å². The highest BCUT2D eigenvalue weighted by Crippen LogP contribution is 2.14. The number of rotatable bonds is 4. The minimum absolute atomic E-state index is 0.0454. The second-order valence-electron chi connectivity index (χ2n) is 3.41. The Balaban J connectivity index is 2.00. The van der Waals surface area contributed by atoms with E-state index in [2.05, 4.69) is 10.2 Å². The molecule has 0 saturated carbocycles. The maximum Gasteiger partial charge on any atom is 0.393 e. The van der Waals surface area contributed by atoms with Crippen LogP contribution in [0.25, 0.3) is 0 Å². The molecule has 0 spiro atoms. The number of carboxylic acids is 1. The molecule has 0 radical (unpaired) electrons. The summed E-state index contributed by atoms with van der Waals surface area (Å²) >= 11 is 0. The molecule has 1 aromatic carbocycles. The standard InChI is InChI=1S/C11H10N2O4/c1-7-3-2-4-8(5-7)16-6-9-12-13-10(17-9)11(14)15/h2-5H,6H2,1H3,(H,14,15). The van der Waals surface area contributed by atoms with Crippen molar-refractivity contribution < 1.29 is 19.1 Å². The van der Waals surface area contributed by atoms with Gasteiger partial charge in [-0.1, -0.05) is 12.1 Å². The maximum atomic E-state index is 10.5. The predicted molar refractivity (Wildman–Crippen MR) is 56.8 cm³/mol. The van der Waals surface area contributed by atoms with E-state index in [-0.39, 0.29) is 12.5 Å². The van der Waals surface area contributed by atoms with Gasteiger partial charge >= 0.3 is 11.9 Å². The molecule has 0 fully saturated rings. The average Bonchev–Trinajstić information content (AvgIpc) is 2.75. The van der Waals surface area contributed by atoms with Crippen molar-refractivity contribution in [2.45, 2.75) is 13.5 Å². The fourth-order valence-corrected chi connectivity index (χ4v) is 1.25. The van der Waals surface area contributed by atoms with Crippen LogP contribution < -0.4 is 4.74 Å². The Morgan fingerprint density at radius 1 is 1.47 bits per heavy atom. The van der Waals surface area contributed by atoms with Crippen LogP contribution in [0.5, 0.6) is 5.75 Å². The Labute approximate surface area is 96.9 Å². The summed E-state index contributed by atoms with van der Waals surface area (Å²) in [7, 11) is 0. The molecule has 2 rings (SSSR count). The average molecular weight is 234 g/mol. The third kappa shape index (κ3) is 2.81. The summed E-state index contributed by atoms with van der Waals surface area (Å²) in [5.74, 6) is -0.892. The molecule has 0 aliphatic carbocycles. The van der Waals surface area contributed by atoms with E-state index in [0.29, 0.717) is 5.75 Å². The Morgan fingerprint density at radius 2 is 2.29 bits per heavy atom. The quantitative estimate of drug-likeness (QED) is 0.865. The van der Waals surface area contributed by atoms with E-state index < -0.39 is 11.9 Å². The molecule has 1 N–H and O–H groups in total. The molecule has 0 unspecified atom stereocenters. The Morgan fingerprint density at radius 3 is 2.94 bits per heavy atom. The van der Waals surface area contributed by atoms with E-state index in [0.717, 1.165) is 5.56 Å². The van der Waals surface area contributed by atoms with Gasteiger partial charge in [0.25, 0.3) is 5.89 Å². The minimum Gasteiger partial charge on any atom is -0.484 e. The largest absolute Gasteiger partial charge is 0.484 e. The normalized spacial score (nSPS) is 10.2. The Bertz CT molecular complexity index is 536. The van der Waals surface area contributed by atoms with Crippen molar-refractivity contribution in [1.29, 1.82) is 0 Å². The van der Waals surface area contributed by atoms with Crippen LogP contribution in [0.15, 0.2) is 28.7 Å². The van der Waals surface area contributed by atoms with Crippen LogP contribution in [0.4, 0.5) is 0 Å². The van der Waals surface area contributed by atoms with Crippen molar-refractivity contribution in [2.24, 2.45) is 0 Å². The number of carbonyl (C=O) groups is 1. The highest BCUT2D eigenvalue weighted by molar-refractivity contribution is 5.81. The number of aromatic nitrogens is 2. The zero-order valence-electron chi connectivity index (χ0n) is 9.08. The lowest BCUT2D eigenvalue weighted by molar-refractivity contribution is 0.0649. The monoisotopic (exact) mass is 234 g/mol. The summed E-state index contributed by atoms with van der Waals surface area (Å²) in [6.07, 6.45) is 0. The van der Waals surface area contributed by atoms with Gasteiger partial charge in [-0.15, -0.1) is 10.2 Å². The molecular weight excluding hydrogens is 224 g/mol. The Hall–Kier alpha value is -2.37. The van der Waals surface area contributed by atoms with Crippen LogP contribution in [-0.2, 0) is 6.61 Å². The molecule has 2 aromatic rings. The second kappa shape index (κ2) is 4.65. The topological polar surface area (TPSA) is 85.5 Å². The number of aromatic carboxylic acids is 1. The highest BCUT2D eigenvalue weighted by atomic mass is 16.5. The summed E-state index contributed by atoms with van der Waals surface area (Å²) in [4.78, 5) is 10.5. The van der Waals surface area contributed by atoms with Crippen LogP contribution in [0, 0.1) is 6.92 Å². The zero-order valence-corrected chi connectivity index (χ0v) is 9.08. The van der Waals surface area contributed by atoms with Gasteiger partial charge in [0.2, 0.25) is 0 Å². The van der Waals surface area contributed by atoms with Crippen molar-refractivity contribution in [2.75, 3.05) is 0 Å². The van der Waals surface area contributed by atoms with Crippen molar-refractivity contribution in [3.63, 3.8) is 0 Å². The molecule has 6 heteroatoms. The Kier molecular flexibility index (Phi) is 3.04. The van der Waals surface area contributed by atoms with Gasteiger partial charge < -0.3 is 14.3 Å². The third-order valence-corrected chi connectivity index (χ3v) is 2.00. The van der Waals surface area contributed by atoms with Gasteiger partial charge in [-0.25, -0.2) is 4.79 Å². The first kappa shape index (κ1) is 11.1. The fourth-order valence-electron chi connectivity index (χ4n) is 1.25. The molecule has 1 heterocycles. The number of benzene rings is 1. The zero-order chi connectivity index (χ0) is 12.3. The van der Waals surface area contributed by atoms with E-state index in [9.17, 15) is 4.79 Å². The van der Waals surface area contributed by atoms with Crippen LogP contribution >= 0.6 is 0 Å². The minimum atomic E-state index is -1.25. The molecule has 0 amide bonds. The van der Waals surface area contributed by atoms with Crippen molar-refractivity contribution >= 4 is 5.97 Å². The number of ether oxygens (including phenoxy) is 1. The van der Waals surface area contributed by atoms with E-state index >= 15 is 0 Å². The summed E-state index contributed by atoms with van der Waals surface area (Å²) in [6, 6.07) is 7.46. The van der Waals surface area contributed by atoms with Crippen LogP contribution in [0.1, 0.15) is 22.1 Å². The molecule has 0 bridgehead atoms. The summed E-state index contributed by atoms with van der Waals surface area (Å²) < 4.78 is 10.2. The molecular formula is C11H10N2O4. The fraction of sp³-hybridized carbons (Fsp3) is 0.182. The number of hydrogen-bond acceptors (Lipinski definition) is 5. The first-order valence-electron chi connectivity index (χ1n) is 4.90. The van der Waals surface area contributed by atoms with Gasteiger partial charge in [0.1, 0.15) is 5.75 Å². The van der Waals surface area contributed by atoms with Gasteiger partial charge in [-0.3, -0.25) is 0 Å². The number of carboxylic acid groups (broad SMARTS) is 1. The third-order valence-electron chi connectivity index (χ3n) is 2.00. The first-order valence-corrected chi connectivity index (χ1v) is 4.90. The lowest BCUT2D eigenvalue weighted by Gasteiger charge is -2.03. The van der Waals surface area contributed by atoms with Gasteiger partial charge in [0.05, 0.1) is 0 Å². The highest BCUT2D eigenvalue weighted by Gasteiger charge is 2.12. The maximum absolute atomic E-state index is 10.5. The smallest absolute Gasteiger partial charge is 0.393 e. The lowest BCUT2D eigenvalue weighted by Crippen LogP contribution is -1.96. The van der Waals surface area contributed by atoms with E-state index in [1.165, 1.54) is 0 Å². The molecule has 88 valence electrons. The molecule has 0 aliphatic heterocycles. The van der Waals surface area contributed by atoms with E-state index in [1.54, 1.807) is 6.07 Å².